The zero-order chi connectivity index (χ0) is 20.4. The molecule has 0 saturated carbocycles. The first-order chi connectivity index (χ1) is 13.5. The lowest BCUT2D eigenvalue weighted by Gasteiger charge is -2.36. The monoisotopic (exact) mass is 407 g/mol. The van der Waals surface area contributed by atoms with Crippen LogP contribution in [0, 0.1) is 0 Å². The Morgan fingerprint density at radius 2 is 1.93 bits per heavy atom. The summed E-state index contributed by atoms with van der Waals surface area (Å²) in [5.74, 6) is 1.07. The molecule has 1 aliphatic rings. The van der Waals surface area contributed by atoms with E-state index in [9.17, 15) is 4.79 Å². The van der Waals surface area contributed by atoms with Crippen molar-refractivity contribution in [2.24, 2.45) is 4.99 Å². The van der Waals surface area contributed by atoms with Gasteiger partial charge in [0.25, 0.3) is 0 Å². The summed E-state index contributed by atoms with van der Waals surface area (Å²) >= 11 is 6.23. The maximum Gasteiger partial charge on any atom is 0.234 e. The second-order valence-corrected chi connectivity index (χ2v) is 7.82. The number of nitrogens with one attached hydrogen (secondary N) is 2. The van der Waals surface area contributed by atoms with Crippen LogP contribution in [0.2, 0.25) is 5.02 Å². The van der Waals surface area contributed by atoms with Gasteiger partial charge in [-0.2, -0.15) is 0 Å². The molecule has 0 bridgehead atoms. The minimum Gasteiger partial charge on any atom is -0.357 e. The van der Waals surface area contributed by atoms with Gasteiger partial charge in [0.15, 0.2) is 5.96 Å². The fourth-order valence-corrected chi connectivity index (χ4v) is 3.50. The molecule has 7 heteroatoms. The molecule has 28 heavy (non-hydrogen) atoms. The van der Waals surface area contributed by atoms with Gasteiger partial charge in [-0.05, 0) is 45.2 Å². The van der Waals surface area contributed by atoms with Gasteiger partial charge in [0.05, 0.1) is 6.54 Å². The molecule has 1 saturated heterocycles. The highest BCUT2D eigenvalue weighted by Crippen LogP contribution is 2.16. The third kappa shape index (κ3) is 7.68. The Hall–Kier alpha value is -1.79. The van der Waals surface area contributed by atoms with E-state index in [-0.39, 0.29) is 11.9 Å². The van der Waals surface area contributed by atoms with Crippen LogP contribution in [0.4, 0.5) is 0 Å². The van der Waals surface area contributed by atoms with Crippen molar-refractivity contribution in [3.63, 3.8) is 0 Å². The second kappa shape index (κ2) is 11.9. The fourth-order valence-electron chi connectivity index (χ4n) is 3.27. The predicted molar refractivity (Wildman–Crippen MR) is 117 cm³/mol. The van der Waals surface area contributed by atoms with Crippen LogP contribution in [-0.2, 0) is 11.2 Å². The van der Waals surface area contributed by atoms with E-state index in [1.54, 1.807) is 0 Å². The lowest BCUT2D eigenvalue weighted by atomic mass is 10.1. The predicted octanol–water partition coefficient (Wildman–Crippen LogP) is 2.38. The molecule has 0 radical (unpaired) electrons. The molecule has 1 aromatic carbocycles. The van der Waals surface area contributed by atoms with Crippen LogP contribution >= 0.6 is 11.6 Å². The largest absolute Gasteiger partial charge is 0.357 e. The first kappa shape index (κ1) is 22.5. The molecule has 1 heterocycles. The summed E-state index contributed by atoms with van der Waals surface area (Å²) in [5.41, 5.74) is 1.18. The molecule has 1 aliphatic heterocycles. The third-order valence-corrected chi connectivity index (χ3v) is 5.02. The van der Waals surface area contributed by atoms with Crippen LogP contribution < -0.4 is 10.6 Å². The third-order valence-electron chi connectivity index (χ3n) is 4.65. The van der Waals surface area contributed by atoms with Gasteiger partial charge in [0, 0.05) is 50.3 Å². The zero-order valence-electron chi connectivity index (χ0n) is 17.4. The molecule has 0 unspecified atom stereocenters. The summed E-state index contributed by atoms with van der Waals surface area (Å²) in [6.45, 7) is 11.7. The molecular formula is C21H34ClN5O. The average molecular weight is 408 g/mol. The molecule has 1 amide bonds. The van der Waals surface area contributed by atoms with Crippen molar-refractivity contribution < 1.29 is 4.79 Å². The quantitative estimate of drug-likeness (QED) is 0.394. The number of guanidine groups is 1. The molecule has 0 aliphatic carbocycles. The van der Waals surface area contributed by atoms with Crippen molar-refractivity contribution >= 4 is 23.5 Å². The normalized spacial score (nSPS) is 15.8. The van der Waals surface area contributed by atoms with Gasteiger partial charge in [-0.1, -0.05) is 29.8 Å². The molecule has 1 aromatic rings. The number of hydrogen-bond donors (Lipinski definition) is 2. The molecule has 6 nitrogen and oxygen atoms in total. The summed E-state index contributed by atoms with van der Waals surface area (Å²) in [4.78, 5) is 21.2. The molecule has 0 atom stereocenters. The van der Waals surface area contributed by atoms with Gasteiger partial charge in [0.1, 0.15) is 0 Å². The molecule has 1 fully saturated rings. The molecule has 0 spiro atoms. The van der Waals surface area contributed by atoms with Crippen LogP contribution in [0.15, 0.2) is 29.3 Å². The Bertz CT molecular complexity index is 641. The van der Waals surface area contributed by atoms with E-state index in [0.29, 0.717) is 6.54 Å². The topological polar surface area (TPSA) is 60.0 Å². The van der Waals surface area contributed by atoms with Gasteiger partial charge in [0.2, 0.25) is 5.91 Å². The van der Waals surface area contributed by atoms with E-state index in [0.717, 1.165) is 63.1 Å². The Kier molecular flexibility index (Phi) is 9.58. The van der Waals surface area contributed by atoms with Crippen molar-refractivity contribution in [3.8, 4) is 0 Å². The number of carbonyl (C=O) groups excluding carboxylic acids is 1. The van der Waals surface area contributed by atoms with E-state index in [4.69, 9.17) is 16.6 Å². The molecule has 2 rings (SSSR count). The number of aliphatic imine (C=N–C) groups is 1. The number of amides is 1. The number of benzene rings is 1. The standard InChI is InChI=1S/C21H34ClN5O/c1-4-23-21(24-11-7-9-18-8-5-6-10-19(18)22)27-14-12-26(13-15-27)16-20(28)25-17(2)3/h5-6,8,10,17H,4,7,9,11-16H2,1-3H3,(H,23,24)(H,25,28). The van der Waals surface area contributed by atoms with Gasteiger partial charge in [-0.3, -0.25) is 14.7 Å². The lowest BCUT2D eigenvalue weighted by molar-refractivity contribution is -0.123. The van der Waals surface area contributed by atoms with E-state index in [2.05, 4.69) is 33.4 Å². The summed E-state index contributed by atoms with van der Waals surface area (Å²) < 4.78 is 0. The maximum atomic E-state index is 11.9. The molecule has 0 aromatic heterocycles. The highest BCUT2D eigenvalue weighted by molar-refractivity contribution is 6.31. The molecule has 156 valence electrons. The minimum absolute atomic E-state index is 0.101. The van der Waals surface area contributed by atoms with E-state index < -0.39 is 0 Å². The van der Waals surface area contributed by atoms with Gasteiger partial charge in [-0.25, -0.2) is 0 Å². The van der Waals surface area contributed by atoms with Crippen LogP contribution in [-0.4, -0.2) is 73.5 Å². The van der Waals surface area contributed by atoms with Crippen molar-refractivity contribution in [1.29, 1.82) is 0 Å². The highest BCUT2D eigenvalue weighted by Gasteiger charge is 2.21. The Morgan fingerprint density at radius 3 is 2.57 bits per heavy atom. The number of hydrogen-bond acceptors (Lipinski definition) is 3. The van der Waals surface area contributed by atoms with Crippen LogP contribution in [0.1, 0.15) is 32.8 Å². The van der Waals surface area contributed by atoms with Crippen LogP contribution in [0.25, 0.3) is 0 Å². The van der Waals surface area contributed by atoms with E-state index in [1.165, 1.54) is 5.56 Å². The minimum atomic E-state index is 0.101. The number of nitrogens with zero attached hydrogens (tertiary/aromatic N) is 3. The summed E-state index contributed by atoms with van der Waals surface area (Å²) in [7, 11) is 0. The van der Waals surface area contributed by atoms with Crippen LogP contribution in [0.3, 0.4) is 0 Å². The van der Waals surface area contributed by atoms with Crippen molar-refractivity contribution in [1.82, 2.24) is 20.4 Å². The summed E-state index contributed by atoms with van der Waals surface area (Å²) in [6, 6.07) is 8.18. The molecular weight excluding hydrogens is 374 g/mol. The smallest absolute Gasteiger partial charge is 0.234 e. The van der Waals surface area contributed by atoms with Gasteiger partial charge < -0.3 is 15.5 Å². The van der Waals surface area contributed by atoms with Gasteiger partial charge >= 0.3 is 0 Å². The van der Waals surface area contributed by atoms with Crippen molar-refractivity contribution in [2.45, 2.75) is 39.7 Å². The number of piperazine rings is 1. The maximum absolute atomic E-state index is 11.9. The van der Waals surface area contributed by atoms with E-state index in [1.807, 2.05) is 32.0 Å². The molecule has 2 N–H and O–H groups in total. The number of carbonyl (C=O) groups is 1. The Balaban J connectivity index is 1.79. The number of aryl methyl sites for hydroxylation is 1. The summed E-state index contributed by atoms with van der Waals surface area (Å²) in [5, 5.41) is 7.18. The highest BCUT2D eigenvalue weighted by atomic mass is 35.5. The average Bonchev–Trinajstić information content (AvgIpc) is 2.65. The first-order valence-electron chi connectivity index (χ1n) is 10.3. The van der Waals surface area contributed by atoms with E-state index >= 15 is 0 Å². The number of rotatable bonds is 8. The zero-order valence-corrected chi connectivity index (χ0v) is 18.1. The Labute approximate surface area is 174 Å². The second-order valence-electron chi connectivity index (χ2n) is 7.42. The Morgan fingerprint density at radius 1 is 1.21 bits per heavy atom. The van der Waals surface area contributed by atoms with Crippen molar-refractivity contribution in [2.75, 3.05) is 45.8 Å². The van der Waals surface area contributed by atoms with Crippen molar-refractivity contribution in [3.05, 3.63) is 34.9 Å². The first-order valence-corrected chi connectivity index (χ1v) is 10.7. The number of halogens is 1. The van der Waals surface area contributed by atoms with Crippen LogP contribution in [0.5, 0.6) is 0 Å². The SMILES string of the molecule is CCNC(=NCCCc1ccccc1Cl)N1CCN(CC(=O)NC(C)C)CC1. The fraction of sp³-hybridized carbons (Fsp3) is 0.619. The van der Waals surface area contributed by atoms with Gasteiger partial charge in [-0.15, -0.1) is 0 Å². The summed E-state index contributed by atoms with van der Waals surface area (Å²) in [6.07, 6.45) is 1.90. The lowest BCUT2D eigenvalue weighted by Crippen LogP contribution is -2.54.